The lowest BCUT2D eigenvalue weighted by Crippen LogP contribution is -2.33. The van der Waals surface area contributed by atoms with Crippen LogP contribution in [0.5, 0.6) is 5.75 Å². The first-order valence-corrected chi connectivity index (χ1v) is 6.02. The molecule has 0 heterocycles. The molecule has 0 aliphatic heterocycles. The SMILES string of the molecule is CCCC[C@@H](OC(=O)c1ccc(O)c(F)c1)C(F)(F)F. The highest BCUT2D eigenvalue weighted by Gasteiger charge is 2.42. The van der Waals surface area contributed by atoms with Crippen LogP contribution >= 0.6 is 0 Å². The Morgan fingerprint density at radius 3 is 2.55 bits per heavy atom. The summed E-state index contributed by atoms with van der Waals surface area (Å²) in [4.78, 5) is 11.6. The van der Waals surface area contributed by atoms with E-state index in [0.717, 1.165) is 12.1 Å². The van der Waals surface area contributed by atoms with Gasteiger partial charge in [-0.25, -0.2) is 9.18 Å². The third-order valence-corrected chi connectivity index (χ3v) is 2.62. The number of halogens is 4. The monoisotopic (exact) mass is 294 g/mol. The van der Waals surface area contributed by atoms with Crippen LogP contribution in [0.1, 0.15) is 36.5 Å². The zero-order chi connectivity index (χ0) is 15.3. The van der Waals surface area contributed by atoms with Crippen LogP contribution in [-0.4, -0.2) is 23.4 Å². The Bertz CT molecular complexity index is 471. The maximum atomic E-state index is 13.0. The van der Waals surface area contributed by atoms with Crippen LogP contribution < -0.4 is 0 Å². The molecule has 0 radical (unpaired) electrons. The number of aromatic hydroxyl groups is 1. The van der Waals surface area contributed by atoms with E-state index in [1.54, 1.807) is 6.92 Å². The molecule has 0 bridgehead atoms. The first-order valence-electron chi connectivity index (χ1n) is 6.02. The number of carbonyl (C=O) groups excluding carboxylic acids is 1. The second-order valence-corrected chi connectivity index (χ2v) is 4.24. The minimum absolute atomic E-state index is 0.251. The predicted octanol–water partition coefficient (Wildman–Crippen LogP) is 3.81. The van der Waals surface area contributed by atoms with Crippen molar-refractivity contribution in [2.75, 3.05) is 0 Å². The van der Waals surface area contributed by atoms with Crippen LogP contribution in [0.15, 0.2) is 18.2 Å². The van der Waals surface area contributed by atoms with Gasteiger partial charge in [0.15, 0.2) is 17.7 Å². The molecule has 7 heteroatoms. The first-order chi connectivity index (χ1) is 9.25. The summed E-state index contributed by atoms with van der Waals surface area (Å²) in [6.07, 6.45) is -6.45. The van der Waals surface area contributed by atoms with E-state index in [1.165, 1.54) is 0 Å². The van der Waals surface area contributed by atoms with Crippen LogP contribution in [0.25, 0.3) is 0 Å². The fraction of sp³-hybridized carbons (Fsp3) is 0.462. The summed E-state index contributed by atoms with van der Waals surface area (Å²) < 4.78 is 55.4. The minimum Gasteiger partial charge on any atom is -0.505 e. The number of carbonyl (C=O) groups is 1. The fourth-order valence-electron chi connectivity index (χ4n) is 1.51. The molecule has 0 aromatic heterocycles. The lowest BCUT2D eigenvalue weighted by atomic mass is 10.1. The van der Waals surface area contributed by atoms with E-state index in [2.05, 4.69) is 4.74 Å². The molecule has 0 spiro atoms. The van der Waals surface area contributed by atoms with E-state index in [4.69, 9.17) is 5.11 Å². The molecule has 1 aromatic rings. The summed E-state index contributed by atoms with van der Waals surface area (Å²) in [5.41, 5.74) is -0.383. The van der Waals surface area contributed by atoms with Crippen molar-refractivity contribution in [3.05, 3.63) is 29.6 Å². The third kappa shape index (κ3) is 4.40. The van der Waals surface area contributed by atoms with Gasteiger partial charge >= 0.3 is 12.1 Å². The highest BCUT2D eigenvalue weighted by molar-refractivity contribution is 5.89. The van der Waals surface area contributed by atoms with E-state index in [1.807, 2.05) is 0 Å². The molecule has 112 valence electrons. The number of unbranched alkanes of at least 4 members (excludes halogenated alkanes) is 1. The zero-order valence-corrected chi connectivity index (χ0v) is 10.7. The first kappa shape index (κ1) is 16.3. The number of phenolic OH excluding ortho intramolecular Hbond substituents is 1. The Kier molecular flexibility index (Phi) is 5.35. The van der Waals surface area contributed by atoms with Crippen molar-refractivity contribution in [2.45, 2.75) is 38.5 Å². The molecule has 20 heavy (non-hydrogen) atoms. The standard InChI is InChI=1S/C13H14F4O3/c1-2-3-4-11(13(15,16)17)20-12(19)8-5-6-10(18)9(14)7-8/h5-7,11,18H,2-4H2,1H3/t11-/m1/s1. The van der Waals surface area contributed by atoms with Crippen molar-refractivity contribution < 1.29 is 32.2 Å². The predicted molar refractivity (Wildman–Crippen MR) is 62.8 cm³/mol. The molecule has 1 atom stereocenters. The Morgan fingerprint density at radius 1 is 1.40 bits per heavy atom. The average Bonchev–Trinajstić information content (AvgIpc) is 2.36. The van der Waals surface area contributed by atoms with Gasteiger partial charge in [0.1, 0.15) is 0 Å². The van der Waals surface area contributed by atoms with Gasteiger partial charge in [-0.1, -0.05) is 13.3 Å². The number of alkyl halides is 3. The lowest BCUT2D eigenvalue weighted by molar-refractivity contribution is -0.206. The second-order valence-electron chi connectivity index (χ2n) is 4.24. The van der Waals surface area contributed by atoms with Crippen LogP contribution in [0, 0.1) is 5.82 Å². The topological polar surface area (TPSA) is 46.5 Å². The number of rotatable bonds is 5. The molecule has 1 aromatic carbocycles. The normalized spacial score (nSPS) is 13.1. The molecule has 3 nitrogen and oxygen atoms in total. The Balaban J connectivity index is 2.82. The molecule has 0 aliphatic rings. The summed E-state index contributed by atoms with van der Waals surface area (Å²) in [6.45, 7) is 1.71. The van der Waals surface area contributed by atoms with Crippen molar-refractivity contribution in [1.29, 1.82) is 0 Å². The van der Waals surface area contributed by atoms with E-state index in [0.29, 0.717) is 12.5 Å². The van der Waals surface area contributed by atoms with Crippen LogP contribution in [0.3, 0.4) is 0 Å². The summed E-state index contributed by atoms with van der Waals surface area (Å²) in [7, 11) is 0. The van der Waals surface area contributed by atoms with Crippen molar-refractivity contribution in [1.82, 2.24) is 0 Å². The number of phenols is 1. The van der Waals surface area contributed by atoms with Gasteiger partial charge in [-0.15, -0.1) is 0 Å². The Labute approximate surface area is 113 Å². The number of hydrogen-bond acceptors (Lipinski definition) is 3. The van der Waals surface area contributed by atoms with E-state index >= 15 is 0 Å². The highest BCUT2D eigenvalue weighted by Crippen LogP contribution is 2.28. The summed E-state index contributed by atoms with van der Waals surface area (Å²) >= 11 is 0. The smallest absolute Gasteiger partial charge is 0.425 e. The molecule has 0 aliphatic carbocycles. The van der Waals surface area contributed by atoms with Crippen LogP contribution in [0.2, 0.25) is 0 Å². The zero-order valence-electron chi connectivity index (χ0n) is 10.7. The van der Waals surface area contributed by atoms with Crippen molar-refractivity contribution in [2.24, 2.45) is 0 Å². The molecule has 1 N–H and O–H groups in total. The number of hydrogen-bond donors (Lipinski definition) is 1. The molecular formula is C13H14F4O3. The Hall–Kier alpha value is -1.79. The summed E-state index contributed by atoms with van der Waals surface area (Å²) in [5, 5.41) is 8.95. The number of ether oxygens (including phenoxy) is 1. The maximum Gasteiger partial charge on any atom is 0.425 e. The van der Waals surface area contributed by atoms with Gasteiger partial charge in [-0.3, -0.25) is 0 Å². The molecule has 0 saturated carbocycles. The van der Waals surface area contributed by atoms with Gasteiger partial charge in [-0.05, 0) is 31.0 Å². The van der Waals surface area contributed by atoms with Gasteiger partial charge in [-0.2, -0.15) is 13.2 Å². The van der Waals surface area contributed by atoms with E-state index < -0.39 is 29.8 Å². The second kappa shape index (κ2) is 6.58. The summed E-state index contributed by atoms with van der Waals surface area (Å²) in [5.74, 6) is -3.07. The lowest BCUT2D eigenvalue weighted by Gasteiger charge is -2.20. The van der Waals surface area contributed by atoms with Crippen molar-refractivity contribution in [3.63, 3.8) is 0 Å². The molecule has 0 saturated heterocycles. The van der Waals surface area contributed by atoms with E-state index in [-0.39, 0.29) is 18.4 Å². The van der Waals surface area contributed by atoms with Gasteiger partial charge in [0.05, 0.1) is 5.56 Å². The molecule has 0 unspecified atom stereocenters. The van der Waals surface area contributed by atoms with Crippen LogP contribution in [-0.2, 0) is 4.74 Å². The van der Waals surface area contributed by atoms with Gasteiger partial charge in [0.25, 0.3) is 0 Å². The van der Waals surface area contributed by atoms with Crippen molar-refractivity contribution in [3.8, 4) is 5.75 Å². The van der Waals surface area contributed by atoms with Gasteiger partial charge in [0.2, 0.25) is 0 Å². The molecule has 1 rings (SSSR count). The minimum atomic E-state index is -4.67. The number of esters is 1. The Morgan fingerprint density at radius 2 is 2.05 bits per heavy atom. The third-order valence-electron chi connectivity index (χ3n) is 2.62. The largest absolute Gasteiger partial charge is 0.505 e. The fourth-order valence-corrected chi connectivity index (χ4v) is 1.51. The highest BCUT2D eigenvalue weighted by atomic mass is 19.4. The average molecular weight is 294 g/mol. The van der Waals surface area contributed by atoms with Crippen molar-refractivity contribution >= 4 is 5.97 Å². The summed E-state index contributed by atoms with van der Waals surface area (Å²) in [6, 6.07) is 2.50. The number of benzene rings is 1. The van der Waals surface area contributed by atoms with Crippen LogP contribution in [0.4, 0.5) is 17.6 Å². The van der Waals surface area contributed by atoms with Gasteiger partial charge < -0.3 is 9.84 Å². The molecular weight excluding hydrogens is 280 g/mol. The maximum absolute atomic E-state index is 13.0. The molecule has 0 amide bonds. The van der Waals surface area contributed by atoms with Gasteiger partial charge in [0, 0.05) is 0 Å². The van der Waals surface area contributed by atoms with E-state index in [9.17, 15) is 22.4 Å². The molecule has 0 fully saturated rings. The quantitative estimate of drug-likeness (QED) is 0.663.